The van der Waals surface area contributed by atoms with E-state index in [-0.39, 0.29) is 5.91 Å². The molecule has 2 aromatic carbocycles. The summed E-state index contributed by atoms with van der Waals surface area (Å²) in [5, 5.41) is 11.1. The van der Waals surface area contributed by atoms with Crippen molar-refractivity contribution in [2.75, 3.05) is 19.6 Å². The van der Waals surface area contributed by atoms with E-state index in [2.05, 4.69) is 48.7 Å². The van der Waals surface area contributed by atoms with E-state index in [1.165, 1.54) is 5.56 Å². The molecule has 3 aromatic rings. The molecule has 0 saturated carbocycles. The third-order valence-electron chi connectivity index (χ3n) is 5.25. The number of carbonyl (C=O) groups is 1. The Kier molecular flexibility index (Phi) is 5.26. The Morgan fingerprint density at radius 2 is 1.86 bits per heavy atom. The molecule has 5 heteroatoms. The molecule has 144 valence electrons. The highest BCUT2D eigenvalue weighted by molar-refractivity contribution is 6.00. The fourth-order valence-corrected chi connectivity index (χ4v) is 3.32. The van der Waals surface area contributed by atoms with Gasteiger partial charge in [0.2, 0.25) is 0 Å². The minimum absolute atomic E-state index is 0.0722. The second-order valence-electron chi connectivity index (χ2n) is 7.68. The van der Waals surface area contributed by atoms with Gasteiger partial charge in [-0.2, -0.15) is 5.10 Å². The first-order valence-corrected chi connectivity index (χ1v) is 9.86. The Morgan fingerprint density at radius 3 is 2.46 bits per heavy atom. The average Bonchev–Trinajstić information content (AvgIpc) is 3.13. The Labute approximate surface area is 165 Å². The standard InChI is InChI=1S/C23H26N4O/c1-16(2)18-8-10-19(11-9-18)22-21(23(28)25-14-17-12-24-13-17)15-27(26-22)20-6-4-3-5-7-20/h3-11,15-17,24H,12-14H2,1-2H3,(H,25,28). The molecule has 28 heavy (non-hydrogen) atoms. The van der Waals surface area contributed by atoms with Crippen molar-refractivity contribution in [3.8, 4) is 16.9 Å². The van der Waals surface area contributed by atoms with Crippen LogP contribution < -0.4 is 10.6 Å². The third-order valence-corrected chi connectivity index (χ3v) is 5.25. The molecule has 0 bridgehead atoms. The highest BCUT2D eigenvalue weighted by Crippen LogP contribution is 2.26. The lowest BCUT2D eigenvalue weighted by Crippen LogP contribution is -2.48. The van der Waals surface area contributed by atoms with Crippen molar-refractivity contribution < 1.29 is 4.79 Å². The van der Waals surface area contributed by atoms with Crippen LogP contribution in [-0.2, 0) is 0 Å². The quantitative estimate of drug-likeness (QED) is 0.693. The van der Waals surface area contributed by atoms with E-state index in [1.807, 2.05) is 36.5 Å². The Morgan fingerprint density at radius 1 is 1.14 bits per heavy atom. The van der Waals surface area contributed by atoms with Crippen LogP contribution >= 0.6 is 0 Å². The topological polar surface area (TPSA) is 59.0 Å². The smallest absolute Gasteiger partial charge is 0.255 e. The van der Waals surface area contributed by atoms with Crippen molar-refractivity contribution >= 4 is 5.91 Å². The maximum atomic E-state index is 12.9. The number of rotatable bonds is 6. The van der Waals surface area contributed by atoms with Crippen molar-refractivity contribution in [2.45, 2.75) is 19.8 Å². The number of hydrogen-bond acceptors (Lipinski definition) is 3. The summed E-state index contributed by atoms with van der Waals surface area (Å²) in [6.45, 7) is 6.97. The number of nitrogens with one attached hydrogen (secondary N) is 2. The van der Waals surface area contributed by atoms with Crippen LogP contribution in [0.15, 0.2) is 60.8 Å². The number of aromatic nitrogens is 2. The molecule has 2 N–H and O–H groups in total. The molecule has 2 heterocycles. The zero-order valence-corrected chi connectivity index (χ0v) is 16.4. The lowest BCUT2D eigenvalue weighted by molar-refractivity contribution is 0.0943. The number of para-hydroxylation sites is 1. The Bertz CT molecular complexity index is 940. The molecule has 1 saturated heterocycles. The van der Waals surface area contributed by atoms with Crippen LogP contribution in [0.3, 0.4) is 0 Å². The summed E-state index contributed by atoms with van der Waals surface area (Å²) in [6, 6.07) is 18.2. The molecule has 5 nitrogen and oxygen atoms in total. The zero-order valence-electron chi connectivity index (χ0n) is 16.4. The summed E-state index contributed by atoms with van der Waals surface area (Å²) in [5.41, 5.74) is 4.48. The van der Waals surface area contributed by atoms with Crippen molar-refractivity contribution in [3.05, 3.63) is 71.9 Å². The van der Waals surface area contributed by atoms with Gasteiger partial charge >= 0.3 is 0 Å². The van der Waals surface area contributed by atoms with Crippen LogP contribution in [0.1, 0.15) is 35.7 Å². The van der Waals surface area contributed by atoms with E-state index in [0.717, 1.165) is 24.3 Å². The van der Waals surface area contributed by atoms with Gasteiger partial charge in [0, 0.05) is 37.3 Å². The molecule has 1 fully saturated rings. The van der Waals surface area contributed by atoms with Crippen LogP contribution in [0.4, 0.5) is 0 Å². The van der Waals surface area contributed by atoms with E-state index in [0.29, 0.717) is 29.6 Å². The number of amides is 1. The maximum absolute atomic E-state index is 12.9. The highest BCUT2D eigenvalue weighted by atomic mass is 16.1. The SMILES string of the molecule is CC(C)c1ccc(-c2nn(-c3ccccc3)cc2C(=O)NCC2CNC2)cc1. The first-order chi connectivity index (χ1) is 13.6. The summed E-state index contributed by atoms with van der Waals surface area (Å²) in [4.78, 5) is 12.9. The van der Waals surface area contributed by atoms with Crippen LogP contribution in [0, 0.1) is 5.92 Å². The lowest BCUT2D eigenvalue weighted by atomic mass is 9.99. The van der Waals surface area contributed by atoms with Crippen molar-refractivity contribution in [3.63, 3.8) is 0 Å². The molecular weight excluding hydrogens is 348 g/mol. The Balaban J connectivity index is 1.67. The van der Waals surface area contributed by atoms with Gasteiger partial charge in [0.25, 0.3) is 5.91 Å². The van der Waals surface area contributed by atoms with Gasteiger partial charge in [-0.25, -0.2) is 4.68 Å². The molecule has 0 radical (unpaired) electrons. The monoisotopic (exact) mass is 374 g/mol. The molecule has 0 spiro atoms. The van der Waals surface area contributed by atoms with Crippen LogP contribution in [-0.4, -0.2) is 35.3 Å². The molecule has 0 aliphatic carbocycles. The van der Waals surface area contributed by atoms with E-state index in [9.17, 15) is 4.79 Å². The van der Waals surface area contributed by atoms with Gasteiger partial charge in [0.1, 0.15) is 5.69 Å². The van der Waals surface area contributed by atoms with Gasteiger partial charge in [-0.1, -0.05) is 56.3 Å². The summed E-state index contributed by atoms with van der Waals surface area (Å²) in [5.74, 6) is 0.911. The Hall–Kier alpha value is -2.92. The molecular formula is C23H26N4O. The minimum Gasteiger partial charge on any atom is -0.352 e. The summed E-state index contributed by atoms with van der Waals surface area (Å²) in [7, 11) is 0. The summed E-state index contributed by atoms with van der Waals surface area (Å²) in [6.07, 6.45) is 1.83. The van der Waals surface area contributed by atoms with Gasteiger partial charge in [-0.3, -0.25) is 4.79 Å². The predicted octanol–water partition coefficient (Wildman–Crippen LogP) is 3.61. The lowest BCUT2D eigenvalue weighted by Gasteiger charge is -2.27. The number of carbonyl (C=O) groups excluding carboxylic acids is 1. The first-order valence-electron chi connectivity index (χ1n) is 9.86. The van der Waals surface area contributed by atoms with Gasteiger partial charge in [-0.15, -0.1) is 0 Å². The number of hydrogen-bond donors (Lipinski definition) is 2. The van der Waals surface area contributed by atoms with Crippen LogP contribution in [0.5, 0.6) is 0 Å². The van der Waals surface area contributed by atoms with Gasteiger partial charge in [-0.05, 0) is 23.6 Å². The second kappa shape index (κ2) is 7.98. The largest absolute Gasteiger partial charge is 0.352 e. The highest BCUT2D eigenvalue weighted by Gasteiger charge is 2.22. The first kappa shape index (κ1) is 18.4. The second-order valence-corrected chi connectivity index (χ2v) is 7.68. The van der Waals surface area contributed by atoms with Gasteiger partial charge in [0.05, 0.1) is 11.3 Å². The molecule has 1 aromatic heterocycles. The molecule has 0 atom stereocenters. The van der Waals surface area contributed by atoms with E-state index >= 15 is 0 Å². The van der Waals surface area contributed by atoms with E-state index in [1.54, 1.807) is 4.68 Å². The minimum atomic E-state index is -0.0722. The summed E-state index contributed by atoms with van der Waals surface area (Å²) < 4.78 is 1.78. The summed E-state index contributed by atoms with van der Waals surface area (Å²) >= 11 is 0. The van der Waals surface area contributed by atoms with Gasteiger partial charge < -0.3 is 10.6 Å². The normalized spacial score (nSPS) is 14.1. The van der Waals surface area contributed by atoms with Crippen molar-refractivity contribution in [2.24, 2.45) is 5.92 Å². The third kappa shape index (κ3) is 3.85. The predicted molar refractivity (Wildman–Crippen MR) is 112 cm³/mol. The average molecular weight is 374 g/mol. The molecule has 1 aliphatic rings. The van der Waals surface area contributed by atoms with Crippen molar-refractivity contribution in [1.82, 2.24) is 20.4 Å². The fraction of sp³-hybridized carbons (Fsp3) is 0.304. The fourth-order valence-electron chi connectivity index (χ4n) is 3.32. The maximum Gasteiger partial charge on any atom is 0.255 e. The zero-order chi connectivity index (χ0) is 19.5. The molecule has 4 rings (SSSR count). The molecule has 1 aliphatic heterocycles. The van der Waals surface area contributed by atoms with E-state index in [4.69, 9.17) is 5.10 Å². The number of benzene rings is 2. The van der Waals surface area contributed by atoms with Crippen molar-refractivity contribution in [1.29, 1.82) is 0 Å². The number of nitrogens with zero attached hydrogens (tertiary/aromatic N) is 2. The van der Waals surface area contributed by atoms with Crippen LogP contribution in [0.2, 0.25) is 0 Å². The van der Waals surface area contributed by atoms with Gasteiger partial charge in [0.15, 0.2) is 0 Å². The van der Waals surface area contributed by atoms with E-state index < -0.39 is 0 Å². The van der Waals surface area contributed by atoms with Crippen LogP contribution in [0.25, 0.3) is 16.9 Å². The molecule has 0 unspecified atom stereocenters. The molecule has 1 amide bonds.